The van der Waals surface area contributed by atoms with Crippen molar-refractivity contribution >= 4 is 11.8 Å². The van der Waals surface area contributed by atoms with Gasteiger partial charge in [-0.25, -0.2) is 4.79 Å². The zero-order valence-electron chi connectivity index (χ0n) is 11.4. The number of carboxylic acid groups (broad SMARTS) is 1. The summed E-state index contributed by atoms with van der Waals surface area (Å²) in [6.07, 6.45) is 3.24. The van der Waals surface area contributed by atoms with Crippen molar-refractivity contribution < 1.29 is 14.7 Å². The molecule has 1 aromatic carbocycles. The Kier molecular flexibility index (Phi) is 3.98. The summed E-state index contributed by atoms with van der Waals surface area (Å²) in [6, 6.07) is 6.68. The largest absolute Gasteiger partial charge is 0.478 e. The SMILES string of the molecule is CC(C)C(=O)c1cnn(Cc2cccc(C(=O)O)c2)c1. The van der Waals surface area contributed by atoms with E-state index in [1.165, 1.54) is 0 Å². The van der Waals surface area contributed by atoms with Crippen LogP contribution in [0.15, 0.2) is 36.7 Å². The Labute approximate surface area is 116 Å². The molecule has 0 radical (unpaired) electrons. The van der Waals surface area contributed by atoms with Gasteiger partial charge >= 0.3 is 5.97 Å². The Balaban J connectivity index is 2.16. The highest BCUT2D eigenvalue weighted by Crippen LogP contribution is 2.10. The summed E-state index contributed by atoms with van der Waals surface area (Å²) in [7, 11) is 0. The molecule has 0 aliphatic carbocycles. The Bertz CT molecular complexity index is 644. The standard InChI is InChI=1S/C15H16N2O3/c1-10(2)14(18)13-7-16-17(9-13)8-11-4-3-5-12(6-11)15(19)20/h3-7,9-10H,8H2,1-2H3,(H,19,20). The summed E-state index contributed by atoms with van der Waals surface area (Å²) in [5, 5.41) is 13.1. The maximum Gasteiger partial charge on any atom is 0.335 e. The van der Waals surface area contributed by atoms with Gasteiger partial charge in [0.25, 0.3) is 0 Å². The summed E-state index contributed by atoms with van der Waals surface area (Å²) in [5.41, 5.74) is 1.65. The first kappa shape index (κ1) is 14.0. The maximum atomic E-state index is 11.8. The maximum absolute atomic E-state index is 11.8. The molecule has 0 bridgehead atoms. The Morgan fingerprint density at radius 2 is 2.05 bits per heavy atom. The second-order valence-corrected chi connectivity index (χ2v) is 4.95. The highest BCUT2D eigenvalue weighted by molar-refractivity contribution is 5.96. The third kappa shape index (κ3) is 3.12. The van der Waals surface area contributed by atoms with Crippen LogP contribution in [0.2, 0.25) is 0 Å². The van der Waals surface area contributed by atoms with Crippen molar-refractivity contribution in [3.05, 3.63) is 53.3 Å². The van der Waals surface area contributed by atoms with E-state index in [9.17, 15) is 9.59 Å². The predicted octanol–water partition coefficient (Wildman–Crippen LogP) is 2.47. The molecule has 5 nitrogen and oxygen atoms in total. The molecule has 1 heterocycles. The summed E-state index contributed by atoms with van der Waals surface area (Å²) < 4.78 is 1.64. The number of hydrogen-bond donors (Lipinski definition) is 1. The molecule has 0 saturated heterocycles. The number of carbonyl (C=O) groups excluding carboxylic acids is 1. The van der Waals surface area contributed by atoms with Crippen LogP contribution in [0.25, 0.3) is 0 Å². The van der Waals surface area contributed by atoms with Crippen LogP contribution in [0.5, 0.6) is 0 Å². The van der Waals surface area contributed by atoms with E-state index in [-0.39, 0.29) is 17.3 Å². The van der Waals surface area contributed by atoms with Crippen LogP contribution < -0.4 is 0 Å². The van der Waals surface area contributed by atoms with Crippen molar-refractivity contribution in [3.8, 4) is 0 Å². The molecule has 0 fully saturated rings. The second-order valence-electron chi connectivity index (χ2n) is 4.95. The fourth-order valence-corrected chi connectivity index (χ4v) is 1.90. The third-order valence-corrected chi connectivity index (χ3v) is 2.96. The molecule has 5 heteroatoms. The minimum atomic E-state index is -0.956. The molecule has 104 valence electrons. The molecule has 0 spiro atoms. The minimum Gasteiger partial charge on any atom is -0.478 e. The number of carboxylic acids is 1. The van der Waals surface area contributed by atoms with Crippen molar-refractivity contribution in [2.75, 3.05) is 0 Å². The van der Waals surface area contributed by atoms with Gasteiger partial charge in [0.15, 0.2) is 5.78 Å². The molecular formula is C15H16N2O3. The molecule has 2 aromatic rings. The van der Waals surface area contributed by atoms with Crippen molar-refractivity contribution in [1.82, 2.24) is 9.78 Å². The molecule has 0 atom stereocenters. The third-order valence-electron chi connectivity index (χ3n) is 2.96. The zero-order valence-corrected chi connectivity index (χ0v) is 11.4. The number of carbonyl (C=O) groups is 2. The summed E-state index contributed by atoms with van der Waals surface area (Å²) in [4.78, 5) is 22.7. The monoisotopic (exact) mass is 272 g/mol. The molecule has 1 N–H and O–H groups in total. The smallest absolute Gasteiger partial charge is 0.335 e. The highest BCUT2D eigenvalue weighted by Gasteiger charge is 2.12. The average molecular weight is 272 g/mol. The van der Waals surface area contributed by atoms with Crippen LogP contribution in [0.3, 0.4) is 0 Å². The summed E-state index contributed by atoms with van der Waals surface area (Å²) >= 11 is 0. The summed E-state index contributed by atoms with van der Waals surface area (Å²) in [5.74, 6) is -0.971. The van der Waals surface area contributed by atoms with Gasteiger partial charge in [-0.1, -0.05) is 26.0 Å². The van der Waals surface area contributed by atoms with Gasteiger partial charge < -0.3 is 5.11 Å². The van der Waals surface area contributed by atoms with Gasteiger partial charge in [0.1, 0.15) is 0 Å². The van der Waals surface area contributed by atoms with Crippen molar-refractivity contribution in [2.45, 2.75) is 20.4 Å². The molecule has 1 aromatic heterocycles. The Morgan fingerprint density at radius 3 is 2.70 bits per heavy atom. The lowest BCUT2D eigenvalue weighted by Gasteiger charge is -2.03. The normalized spacial score (nSPS) is 10.8. The minimum absolute atomic E-state index is 0.0514. The van der Waals surface area contributed by atoms with Gasteiger partial charge in [-0.15, -0.1) is 0 Å². The molecular weight excluding hydrogens is 256 g/mol. The lowest BCUT2D eigenvalue weighted by molar-refractivity contribution is 0.0696. The number of rotatable bonds is 5. The van der Waals surface area contributed by atoms with Gasteiger partial charge in [0.05, 0.1) is 23.9 Å². The van der Waals surface area contributed by atoms with E-state index in [4.69, 9.17) is 5.11 Å². The van der Waals surface area contributed by atoms with E-state index in [1.54, 1.807) is 35.3 Å². The first-order valence-electron chi connectivity index (χ1n) is 6.36. The fourth-order valence-electron chi connectivity index (χ4n) is 1.90. The van der Waals surface area contributed by atoms with Crippen LogP contribution >= 0.6 is 0 Å². The van der Waals surface area contributed by atoms with Crippen LogP contribution in [0, 0.1) is 5.92 Å². The van der Waals surface area contributed by atoms with Crippen LogP contribution in [0.4, 0.5) is 0 Å². The van der Waals surface area contributed by atoms with Crippen LogP contribution in [-0.4, -0.2) is 26.6 Å². The zero-order chi connectivity index (χ0) is 14.7. The Morgan fingerprint density at radius 1 is 1.30 bits per heavy atom. The molecule has 20 heavy (non-hydrogen) atoms. The summed E-state index contributed by atoms with van der Waals surface area (Å²) in [6.45, 7) is 4.12. The molecule has 0 saturated carbocycles. The number of aromatic carboxylic acids is 1. The van der Waals surface area contributed by atoms with E-state index >= 15 is 0 Å². The fraction of sp³-hybridized carbons (Fsp3) is 0.267. The van der Waals surface area contributed by atoms with Crippen LogP contribution in [0.1, 0.15) is 40.1 Å². The van der Waals surface area contributed by atoms with Gasteiger partial charge in [0, 0.05) is 12.1 Å². The van der Waals surface area contributed by atoms with Crippen molar-refractivity contribution in [2.24, 2.45) is 5.92 Å². The Hall–Kier alpha value is -2.43. The first-order chi connectivity index (χ1) is 9.47. The quantitative estimate of drug-likeness (QED) is 0.849. The molecule has 2 rings (SSSR count). The number of nitrogens with zero attached hydrogens (tertiary/aromatic N) is 2. The number of aromatic nitrogens is 2. The molecule has 0 unspecified atom stereocenters. The first-order valence-corrected chi connectivity index (χ1v) is 6.36. The second kappa shape index (κ2) is 5.69. The number of ketones is 1. The molecule has 0 aliphatic heterocycles. The molecule has 0 amide bonds. The predicted molar refractivity (Wildman–Crippen MR) is 73.9 cm³/mol. The van der Waals surface area contributed by atoms with Gasteiger partial charge in [-0.3, -0.25) is 9.48 Å². The van der Waals surface area contributed by atoms with Crippen molar-refractivity contribution in [3.63, 3.8) is 0 Å². The lowest BCUT2D eigenvalue weighted by atomic mass is 10.0. The average Bonchev–Trinajstić information content (AvgIpc) is 2.86. The number of Topliss-reactive ketones (excluding diaryl/α,β-unsaturated/α-hetero) is 1. The molecule has 0 aliphatic rings. The number of hydrogen-bond acceptors (Lipinski definition) is 3. The highest BCUT2D eigenvalue weighted by atomic mass is 16.4. The van der Waals surface area contributed by atoms with E-state index < -0.39 is 5.97 Å². The van der Waals surface area contributed by atoms with Gasteiger partial charge in [-0.05, 0) is 17.7 Å². The van der Waals surface area contributed by atoms with E-state index in [0.29, 0.717) is 12.1 Å². The van der Waals surface area contributed by atoms with E-state index in [1.807, 2.05) is 19.9 Å². The van der Waals surface area contributed by atoms with Crippen LogP contribution in [-0.2, 0) is 6.54 Å². The lowest BCUT2D eigenvalue weighted by Crippen LogP contribution is -2.06. The topological polar surface area (TPSA) is 72.2 Å². The number of benzene rings is 1. The van der Waals surface area contributed by atoms with E-state index in [0.717, 1.165) is 5.56 Å². The van der Waals surface area contributed by atoms with Crippen molar-refractivity contribution in [1.29, 1.82) is 0 Å². The van der Waals surface area contributed by atoms with Gasteiger partial charge in [0.2, 0.25) is 0 Å². The van der Waals surface area contributed by atoms with Gasteiger partial charge in [-0.2, -0.15) is 5.10 Å². The van der Waals surface area contributed by atoms with E-state index in [2.05, 4.69) is 5.10 Å².